The van der Waals surface area contributed by atoms with Crippen LogP contribution in [0.4, 0.5) is 0 Å². The predicted molar refractivity (Wildman–Crippen MR) is 254 cm³/mol. The minimum Gasteiger partial charge on any atom is -0.490 e. The van der Waals surface area contributed by atoms with Crippen molar-refractivity contribution < 1.29 is 29.0 Å². The van der Waals surface area contributed by atoms with E-state index in [1.165, 1.54) is 0 Å². The number of ether oxygens (including phenoxy) is 2. The SMILES string of the molecule is CC(C)(C)COc1c(Cl)c(Cl)c2c(c1Cl)-c1nc-2nc2[n-]c(nc3nc(nc4[n-]c(n1)c1c(Cl)c(OCC(C)(C)C)c(Cl)c(Cl)c41)-c1c(Cl)c(Cl)c(Cl)c(Cl)c1-3)c1ccccc21.[Zn+2]. The van der Waals surface area contributed by atoms with Gasteiger partial charge in [0.2, 0.25) is 0 Å². The first kappa shape index (κ1) is 46.9. The molecular weight excluding hydrogens is 1070 g/mol. The summed E-state index contributed by atoms with van der Waals surface area (Å²) in [6.07, 6.45) is 0. The third-order valence-electron chi connectivity index (χ3n) is 9.57. The molecule has 0 spiro atoms. The van der Waals surface area contributed by atoms with Gasteiger partial charge in [-0.25, -0.2) is 9.97 Å². The minimum atomic E-state index is -0.293. The molecule has 4 aromatic carbocycles. The molecule has 0 aliphatic carbocycles. The second kappa shape index (κ2) is 16.9. The van der Waals surface area contributed by atoms with E-state index >= 15 is 0 Å². The monoisotopic (exact) mass is 1090 g/mol. The largest absolute Gasteiger partial charge is 2.00 e. The van der Waals surface area contributed by atoms with Gasteiger partial charge in [0, 0.05) is 55.6 Å². The molecular formula is C42H26Cl10N8O2Zn. The Bertz CT molecular complexity index is 3310. The summed E-state index contributed by atoms with van der Waals surface area (Å²) in [4.78, 5) is 39.2. The number of halogens is 10. The van der Waals surface area contributed by atoms with E-state index in [4.69, 9.17) is 165 Å². The summed E-state index contributed by atoms with van der Waals surface area (Å²) < 4.78 is 12.4. The van der Waals surface area contributed by atoms with Crippen LogP contribution in [0.3, 0.4) is 0 Å². The average Bonchev–Trinajstić information content (AvgIpc) is 3.95. The van der Waals surface area contributed by atoms with Gasteiger partial charge < -0.3 is 39.4 Å². The van der Waals surface area contributed by atoms with Crippen LogP contribution in [0.15, 0.2) is 24.3 Å². The van der Waals surface area contributed by atoms with Crippen molar-refractivity contribution in [2.24, 2.45) is 10.8 Å². The first-order chi connectivity index (χ1) is 29.1. The molecule has 3 aromatic heterocycles. The molecule has 7 aromatic rings. The molecule has 63 heavy (non-hydrogen) atoms. The van der Waals surface area contributed by atoms with Crippen LogP contribution in [-0.4, -0.2) is 43.1 Å². The molecule has 2 aliphatic heterocycles. The maximum atomic E-state index is 7.25. The van der Waals surface area contributed by atoms with Crippen LogP contribution < -0.4 is 19.4 Å². The first-order valence-corrected chi connectivity index (χ1v) is 22.3. The molecule has 0 amide bonds. The Morgan fingerprint density at radius 1 is 0.413 bits per heavy atom. The third-order valence-corrected chi connectivity index (χ3v) is 13.8. The zero-order chi connectivity index (χ0) is 44.5. The fourth-order valence-corrected chi connectivity index (χ4v) is 9.58. The zero-order valence-corrected chi connectivity index (χ0v) is 44.1. The summed E-state index contributed by atoms with van der Waals surface area (Å²) >= 11 is 69.7. The van der Waals surface area contributed by atoms with E-state index in [0.29, 0.717) is 10.8 Å². The second-order valence-electron chi connectivity index (χ2n) is 16.8. The molecule has 0 fully saturated rings. The summed E-state index contributed by atoms with van der Waals surface area (Å²) in [7, 11) is 0. The van der Waals surface area contributed by atoms with Crippen molar-refractivity contribution in [2.45, 2.75) is 41.5 Å². The number of rotatable bonds is 4. The van der Waals surface area contributed by atoms with Gasteiger partial charge in [-0.15, -0.1) is 0 Å². The van der Waals surface area contributed by atoms with E-state index < -0.39 is 0 Å². The molecule has 8 bridgehead atoms. The Kier molecular flexibility index (Phi) is 12.6. The van der Waals surface area contributed by atoms with Gasteiger partial charge in [-0.05, 0) is 21.6 Å². The molecule has 0 saturated carbocycles. The maximum absolute atomic E-state index is 7.25. The van der Waals surface area contributed by atoms with Crippen molar-refractivity contribution in [2.75, 3.05) is 13.2 Å². The van der Waals surface area contributed by atoms with Gasteiger partial charge in [-0.2, -0.15) is 0 Å². The molecule has 21 heteroatoms. The molecule has 9 rings (SSSR count). The van der Waals surface area contributed by atoms with Gasteiger partial charge in [0.25, 0.3) is 0 Å². The Morgan fingerprint density at radius 3 is 1.17 bits per heavy atom. The number of hydrogen-bond donors (Lipinski definition) is 0. The van der Waals surface area contributed by atoms with Crippen molar-refractivity contribution in [3.05, 3.63) is 74.5 Å². The van der Waals surface area contributed by atoms with Crippen molar-refractivity contribution in [3.63, 3.8) is 0 Å². The van der Waals surface area contributed by atoms with Crippen LogP contribution in [0.25, 0.3) is 89.7 Å². The van der Waals surface area contributed by atoms with E-state index in [0.717, 1.165) is 0 Å². The molecule has 0 N–H and O–H groups in total. The summed E-state index contributed by atoms with van der Waals surface area (Å²) in [5.41, 5.74) is 0.832. The number of aromatic nitrogens is 8. The molecule has 10 nitrogen and oxygen atoms in total. The fourth-order valence-electron chi connectivity index (χ4n) is 6.79. The van der Waals surface area contributed by atoms with E-state index in [9.17, 15) is 0 Å². The summed E-state index contributed by atoms with van der Waals surface area (Å²) in [5, 5.41) is 1.85. The topological polar surface area (TPSA) is 124 Å². The van der Waals surface area contributed by atoms with Gasteiger partial charge >= 0.3 is 19.5 Å². The molecule has 2 aliphatic rings. The number of hydrogen-bond acceptors (Lipinski definition) is 8. The zero-order valence-electron chi connectivity index (χ0n) is 33.6. The Morgan fingerprint density at radius 2 is 0.746 bits per heavy atom. The molecule has 0 saturated heterocycles. The molecule has 5 heterocycles. The second-order valence-corrected chi connectivity index (χ2v) is 20.6. The van der Waals surface area contributed by atoms with Gasteiger partial charge in [0.15, 0.2) is 11.5 Å². The van der Waals surface area contributed by atoms with Crippen LogP contribution in [0, 0.1) is 10.8 Å². The van der Waals surface area contributed by atoms with E-state index in [1.807, 2.05) is 65.8 Å². The van der Waals surface area contributed by atoms with Crippen molar-refractivity contribution in [1.82, 2.24) is 39.9 Å². The maximum Gasteiger partial charge on any atom is 2.00 e. The minimum absolute atomic E-state index is 0. The molecule has 0 unspecified atom stereocenters. The third kappa shape index (κ3) is 7.99. The normalized spacial score (nSPS) is 12.4. The van der Waals surface area contributed by atoms with Crippen LogP contribution in [0.1, 0.15) is 41.5 Å². The van der Waals surface area contributed by atoms with Crippen molar-refractivity contribution in [1.29, 1.82) is 0 Å². The smallest absolute Gasteiger partial charge is 0.490 e. The quantitative estimate of drug-likeness (QED) is 0.0956. The standard InChI is InChI=1S/C42H26Cl10N8O2.Zn/c1-41(2,3)11-61-31-25(47)19-17(23(45)29(31)51)36-55-34-14-10-8-7-9-13(14)33(53-34)54-35-15-16(22(44)28(50)27(49)21(15)43)37(56-35)58-38-18-20(40(59-38)60-39(19)57-36)26(48)32(30(52)24(18)46)62-12-42(4,5)6;/h7-10H,11-12H2,1-6H3;/q-2;+2. The van der Waals surface area contributed by atoms with Crippen LogP contribution >= 0.6 is 116 Å². The van der Waals surface area contributed by atoms with Crippen molar-refractivity contribution in [3.8, 4) is 57.1 Å². The fraction of sp³-hybridized carbons (Fsp3) is 0.238. The van der Waals surface area contributed by atoms with Gasteiger partial charge in [-0.1, -0.05) is 182 Å². The number of fused-ring (bicyclic) bond motifs is 20. The Balaban J connectivity index is 0.00000544. The predicted octanol–water partition coefficient (Wildman–Crippen LogP) is 15.5. The number of nitrogens with zero attached hydrogens (tertiary/aromatic N) is 8. The van der Waals surface area contributed by atoms with Crippen LogP contribution in [0.5, 0.6) is 11.5 Å². The average molecular weight is 1090 g/mol. The van der Waals surface area contributed by atoms with Crippen molar-refractivity contribution >= 4 is 160 Å². The van der Waals surface area contributed by atoms with Crippen LogP contribution in [-0.2, 0) is 19.5 Å². The summed E-state index contributed by atoms with van der Waals surface area (Å²) in [6, 6.07) is 7.33. The van der Waals surface area contributed by atoms with Gasteiger partial charge in [-0.3, -0.25) is 0 Å². The van der Waals surface area contributed by atoms with Gasteiger partial charge in [0.1, 0.15) is 10.0 Å². The van der Waals surface area contributed by atoms with Gasteiger partial charge in [0.05, 0.1) is 76.7 Å². The molecule has 318 valence electrons. The first-order valence-electron chi connectivity index (χ1n) is 18.5. The van der Waals surface area contributed by atoms with E-state index in [1.54, 1.807) is 0 Å². The number of benzene rings is 4. The molecule has 0 radical (unpaired) electrons. The summed E-state index contributed by atoms with van der Waals surface area (Å²) in [6.45, 7) is 12.4. The van der Waals surface area contributed by atoms with E-state index in [-0.39, 0.29) is 184 Å². The Labute approximate surface area is 422 Å². The Hall–Kier alpha value is -2.64. The molecule has 0 atom stereocenters. The van der Waals surface area contributed by atoms with Crippen LogP contribution in [0.2, 0.25) is 50.2 Å². The summed E-state index contributed by atoms with van der Waals surface area (Å²) in [5.74, 6) is 0.397. The van der Waals surface area contributed by atoms with E-state index in [2.05, 4.69) is 0 Å².